The molecule has 0 saturated heterocycles. The van der Waals surface area contributed by atoms with Crippen LogP contribution in [0.5, 0.6) is 0 Å². The first-order valence-electron chi connectivity index (χ1n) is 6.45. The van der Waals surface area contributed by atoms with Crippen molar-refractivity contribution in [1.82, 2.24) is 10.3 Å². The molecule has 17 heavy (non-hydrogen) atoms. The van der Waals surface area contributed by atoms with E-state index in [9.17, 15) is 4.79 Å². The van der Waals surface area contributed by atoms with E-state index >= 15 is 0 Å². The maximum absolute atomic E-state index is 11.8. The van der Waals surface area contributed by atoms with Crippen molar-refractivity contribution in [2.75, 3.05) is 6.54 Å². The number of amides is 1. The number of carbonyl (C=O) groups is 1. The van der Waals surface area contributed by atoms with Gasteiger partial charge in [-0.3, -0.25) is 9.78 Å². The highest BCUT2D eigenvalue weighted by Crippen LogP contribution is 2.27. The van der Waals surface area contributed by atoms with Gasteiger partial charge in [0, 0.05) is 12.7 Å². The van der Waals surface area contributed by atoms with E-state index in [2.05, 4.69) is 17.2 Å². The summed E-state index contributed by atoms with van der Waals surface area (Å²) in [6, 6.07) is 5.41. The summed E-state index contributed by atoms with van der Waals surface area (Å²) in [5.41, 5.74) is 0.511. The predicted molar refractivity (Wildman–Crippen MR) is 67.7 cm³/mol. The van der Waals surface area contributed by atoms with Crippen molar-refractivity contribution in [3.63, 3.8) is 0 Å². The summed E-state index contributed by atoms with van der Waals surface area (Å²) in [6.45, 7) is 3.09. The van der Waals surface area contributed by atoms with Gasteiger partial charge >= 0.3 is 0 Å². The summed E-state index contributed by atoms with van der Waals surface area (Å²) in [4.78, 5) is 15.8. The molecule has 0 aliphatic heterocycles. The van der Waals surface area contributed by atoms with Crippen molar-refractivity contribution in [3.8, 4) is 0 Å². The molecule has 0 spiro atoms. The van der Waals surface area contributed by atoms with E-state index < -0.39 is 0 Å². The minimum Gasteiger partial charge on any atom is -0.350 e. The van der Waals surface area contributed by atoms with Gasteiger partial charge in [0.15, 0.2) is 0 Å². The standard InChI is InChI=1S/C14H20N2O/c1-11-5-4-6-12(9-11)10-16-14(17)13-7-2-3-8-15-13/h2-3,7-8,11-12H,4-6,9-10H2,1H3,(H,16,17)/t11-,12+/m1/s1. The molecule has 0 radical (unpaired) electrons. The third-order valence-electron chi connectivity index (χ3n) is 3.49. The Morgan fingerprint density at radius 3 is 3.06 bits per heavy atom. The maximum Gasteiger partial charge on any atom is 0.269 e. The first-order chi connectivity index (χ1) is 8.25. The second-order valence-corrected chi connectivity index (χ2v) is 5.06. The molecule has 1 N–H and O–H groups in total. The van der Waals surface area contributed by atoms with Gasteiger partial charge in [-0.2, -0.15) is 0 Å². The van der Waals surface area contributed by atoms with Crippen LogP contribution in [0, 0.1) is 11.8 Å². The lowest BCUT2D eigenvalue weighted by Gasteiger charge is -2.26. The molecule has 1 heterocycles. The fraction of sp³-hybridized carbons (Fsp3) is 0.571. The van der Waals surface area contributed by atoms with Crippen LogP contribution >= 0.6 is 0 Å². The van der Waals surface area contributed by atoms with Crippen molar-refractivity contribution in [2.45, 2.75) is 32.6 Å². The average molecular weight is 232 g/mol. The Balaban J connectivity index is 1.80. The summed E-state index contributed by atoms with van der Waals surface area (Å²) in [7, 11) is 0. The molecular weight excluding hydrogens is 212 g/mol. The summed E-state index contributed by atoms with van der Waals surface area (Å²) >= 11 is 0. The first kappa shape index (κ1) is 12.1. The Morgan fingerprint density at radius 1 is 1.47 bits per heavy atom. The topological polar surface area (TPSA) is 42.0 Å². The van der Waals surface area contributed by atoms with E-state index in [1.54, 1.807) is 12.3 Å². The number of carbonyl (C=O) groups excluding carboxylic acids is 1. The van der Waals surface area contributed by atoms with Gasteiger partial charge in [0.1, 0.15) is 5.69 Å². The Hall–Kier alpha value is -1.38. The lowest BCUT2D eigenvalue weighted by molar-refractivity contribution is 0.0935. The summed E-state index contributed by atoms with van der Waals surface area (Å²) in [5, 5.41) is 2.99. The molecule has 2 rings (SSSR count). The molecule has 1 aliphatic rings. The van der Waals surface area contributed by atoms with Crippen molar-refractivity contribution in [2.24, 2.45) is 11.8 Å². The lowest BCUT2D eigenvalue weighted by Crippen LogP contribution is -2.31. The first-order valence-corrected chi connectivity index (χ1v) is 6.45. The highest BCUT2D eigenvalue weighted by molar-refractivity contribution is 5.92. The summed E-state index contributed by atoms with van der Waals surface area (Å²) < 4.78 is 0. The molecule has 92 valence electrons. The molecule has 1 amide bonds. The van der Waals surface area contributed by atoms with Crippen molar-refractivity contribution in [1.29, 1.82) is 0 Å². The fourth-order valence-electron chi connectivity index (χ4n) is 2.57. The van der Waals surface area contributed by atoms with E-state index in [1.165, 1.54) is 25.7 Å². The number of pyridine rings is 1. The molecule has 1 aromatic rings. The minimum atomic E-state index is -0.0520. The van der Waals surface area contributed by atoms with Gasteiger partial charge in [-0.25, -0.2) is 0 Å². The summed E-state index contributed by atoms with van der Waals surface area (Å²) in [5.74, 6) is 1.40. The van der Waals surface area contributed by atoms with E-state index in [0.717, 1.165) is 12.5 Å². The molecule has 0 unspecified atom stereocenters. The fourth-order valence-corrected chi connectivity index (χ4v) is 2.57. The van der Waals surface area contributed by atoms with Crippen LogP contribution in [0.3, 0.4) is 0 Å². The van der Waals surface area contributed by atoms with Crippen LogP contribution in [0.1, 0.15) is 43.1 Å². The predicted octanol–water partition coefficient (Wildman–Crippen LogP) is 2.64. The highest BCUT2D eigenvalue weighted by Gasteiger charge is 2.19. The molecule has 1 fully saturated rings. The number of hydrogen-bond acceptors (Lipinski definition) is 2. The molecule has 1 saturated carbocycles. The van der Waals surface area contributed by atoms with Crippen LogP contribution < -0.4 is 5.32 Å². The molecule has 0 aromatic carbocycles. The molecule has 0 bridgehead atoms. The van der Waals surface area contributed by atoms with Gasteiger partial charge < -0.3 is 5.32 Å². The van der Waals surface area contributed by atoms with Crippen molar-refractivity contribution in [3.05, 3.63) is 30.1 Å². The Morgan fingerprint density at radius 2 is 2.35 bits per heavy atom. The van der Waals surface area contributed by atoms with Gasteiger partial charge in [0.05, 0.1) is 0 Å². The molecule has 3 heteroatoms. The van der Waals surface area contributed by atoms with E-state index in [0.29, 0.717) is 11.6 Å². The number of nitrogens with zero attached hydrogens (tertiary/aromatic N) is 1. The van der Waals surface area contributed by atoms with Crippen molar-refractivity contribution >= 4 is 5.91 Å². The smallest absolute Gasteiger partial charge is 0.269 e. The third kappa shape index (κ3) is 3.55. The Kier molecular flexibility index (Phi) is 4.13. The Bertz CT molecular complexity index is 364. The van der Waals surface area contributed by atoms with Gasteiger partial charge in [-0.1, -0.05) is 25.8 Å². The molecule has 2 atom stereocenters. The lowest BCUT2D eigenvalue weighted by atomic mass is 9.82. The van der Waals surface area contributed by atoms with Gasteiger partial charge in [0.2, 0.25) is 0 Å². The zero-order valence-corrected chi connectivity index (χ0v) is 10.4. The normalized spacial score (nSPS) is 24.3. The second-order valence-electron chi connectivity index (χ2n) is 5.06. The summed E-state index contributed by atoms with van der Waals surface area (Å²) in [6.07, 6.45) is 6.77. The zero-order valence-electron chi connectivity index (χ0n) is 10.4. The van der Waals surface area contributed by atoms with E-state index in [1.807, 2.05) is 12.1 Å². The molecule has 1 aromatic heterocycles. The van der Waals surface area contributed by atoms with E-state index in [4.69, 9.17) is 0 Å². The molecular formula is C14H20N2O. The van der Waals surface area contributed by atoms with Crippen LogP contribution in [-0.4, -0.2) is 17.4 Å². The number of aromatic nitrogens is 1. The van der Waals surface area contributed by atoms with Gasteiger partial charge in [0.25, 0.3) is 5.91 Å². The van der Waals surface area contributed by atoms with Crippen molar-refractivity contribution < 1.29 is 4.79 Å². The van der Waals surface area contributed by atoms with Gasteiger partial charge in [-0.05, 0) is 36.8 Å². The van der Waals surface area contributed by atoms with Gasteiger partial charge in [-0.15, -0.1) is 0 Å². The highest BCUT2D eigenvalue weighted by atomic mass is 16.1. The van der Waals surface area contributed by atoms with Crippen LogP contribution in [0.2, 0.25) is 0 Å². The van der Waals surface area contributed by atoms with Crippen LogP contribution in [-0.2, 0) is 0 Å². The van der Waals surface area contributed by atoms with Crippen LogP contribution in [0.4, 0.5) is 0 Å². The SMILES string of the molecule is C[C@@H]1CCC[C@H](CNC(=O)c2ccccn2)C1. The molecule has 3 nitrogen and oxygen atoms in total. The second kappa shape index (κ2) is 5.80. The number of nitrogens with one attached hydrogen (secondary N) is 1. The zero-order chi connectivity index (χ0) is 12.1. The largest absolute Gasteiger partial charge is 0.350 e. The van der Waals surface area contributed by atoms with Crippen LogP contribution in [0.15, 0.2) is 24.4 Å². The molecule has 1 aliphatic carbocycles. The average Bonchev–Trinajstić information content (AvgIpc) is 2.37. The Labute approximate surface area is 103 Å². The maximum atomic E-state index is 11.8. The third-order valence-corrected chi connectivity index (χ3v) is 3.49. The van der Waals surface area contributed by atoms with Crippen LogP contribution in [0.25, 0.3) is 0 Å². The number of hydrogen-bond donors (Lipinski definition) is 1. The quantitative estimate of drug-likeness (QED) is 0.870. The monoisotopic (exact) mass is 232 g/mol. The number of rotatable bonds is 3. The van der Waals surface area contributed by atoms with E-state index in [-0.39, 0.29) is 5.91 Å². The minimum absolute atomic E-state index is 0.0520.